The number of alkyl halides is 3. The van der Waals surface area contributed by atoms with Crippen molar-refractivity contribution < 1.29 is 17.6 Å². The van der Waals surface area contributed by atoms with Crippen molar-refractivity contribution in [2.45, 2.75) is 6.18 Å². The molecule has 0 atom stereocenters. The summed E-state index contributed by atoms with van der Waals surface area (Å²) in [4.78, 5) is 18.5. The molecule has 2 aromatic heterocycles. The summed E-state index contributed by atoms with van der Waals surface area (Å²) in [6, 6.07) is 5.50. The second-order valence-electron chi connectivity index (χ2n) is 3.85. The molecule has 0 saturated carbocycles. The topological polar surface area (TPSA) is 56.0 Å². The van der Waals surface area contributed by atoms with E-state index in [0.717, 1.165) is 6.07 Å². The van der Waals surface area contributed by atoms with Crippen LogP contribution in [0.15, 0.2) is 39.7 Å². The molecule has 0 saturated heterocycles. The van der Waals surface area contributed by atoms with Crippen LogP contribution in [0.25, 0.3) is 22.0 Å². The molecule has 0 fully saturated rings. The van der Waals surface area contributed by atoms with Crippen LogP contribution in [0.4, 0.5) is 13.2 Å². The van der Waals surface area contributed by atoms with Gasteiger partial charge in [0, 0.05) is 11.5 Å². The van der Waals surface area contributed by atoms with E-state index in [1.807, 2.05) is 0 Å². The Kier molecular flexibility index (Phi) is 2.31. The van der Waals surface area contributed by atoms with Crippen LogP contribution < -0.4 is 5.56 Å². The molecular formula is C12H5F3N2O2. The summed E-state index contributed by atoms with van der Waals surface area (Å²) >= 11 is 0. The van der Waals surface area contributed by atoms with E-state index in [4.69, 9.17) is 4.42 Å². The molecule has 0 aliphatic rings. The molecule has 0 radical (unpaired) electrons. The summed E-state index contributed by atoms with van der Waals surface area (Å²) in [5.41, 5.74) is 0.0254. The van der Waals surface area contributed by atoms with Gasteiger partial charge in [0.25, 0.3) is 5.56 Å². The van der Waals surface area contributed by atoms with Gasteiger partial charge in [-0.1, -0.05) is 0 Å². The van der Waals surface area contributed by atoms with Gasteiger partial charge in [-0.3, -0.25) is 4.79 Å². The van der Waals surface area contributed by atoms with E-state index < -0.39 is 17.5 Å². The summed E-state index contributed by atoms with van der Waals surface area (Å²) in [5.74, 6) is -1.20. The lowest BCUT2D eigenvalue weighted by Crippen LogP contribution is -2.06. The Morgan fingerprint density at radius 3 is 2.53 bits per heavy atom. The Morgan fingerprint density at radius 2 is 1.79 bits per heavy atom. The van der Waals surface area contributed by atoms with Crippen LogP contribution >= 0.6 is 0 Å². The molecule has 4 nitrogen and oxygen atoms in total. The third-order valence-electron chi connectivity index (χ3n) is 2.59. The lowest BCUT2D eigenvalue weighted by molar-refractivity contribution is -0.153. The van der Waals surface area contributed by atoms with Crippen LogP contribution in [0.3, 0.4) is 0 Å². The van der Waals surface area contributed by atoms with E-state index in [9.17, 15) is 18.0 Å². The van der Waals surface area contributed by atoms with Crippen molar-refractivity contribution >= 4 is 22.0 Å². The zero-order valence-electron chi connectivity index (χ0n) is 9.23. The Hall–Kier alpha value is -2.44. The number of aromatic nitrogens is 2. The molecule has 0 unspecified atom stereocenters. The van der Waals surface area contributed by atoms with Crippen molar-refractivity contribution in [2.75, 3.05) is 0 Å². The zero-order chi connectivity index (χ0) is 13.6. The van der Waals surface area contributed by atoms with Crippen LogP contribution in [-0.4, -0.2) is 9.97 Å². The largest absolute Gasteiger partial charge is 0.451 e. The van der Waals surface area contributed by atoms with Gasteiger partial charge in [-0.2, -0.15) is 13.2 Å². The Labute approximate surface area is 103 Å². The molecule has 0 bridgehead atoms. The molecule has 2 heterocycles. The van der Waals surface area contributed by atoms with Gasteiger partial charge < -0.3 is 4.42 Å². The van der Waals surface area contributed by atoms with Gasteiger partial charge >= 0.3 is 6.18 Å². The highest BCUT2D eigenvalue weighted by Crippen LogP contribution is 2.32. The average molecular weight is 266 g/mol. The van der Waals surface area contributed by atoms with Gasteiger partial charge in [-0.15, -0.1) is 0 Å². The Bertz CT molecular complexity index is 840. The smallest absolute Gasteiger partial charge is 0.448 e. The van der Waals surface area contributed by atoms with E-state index in [0.29, 0.717) is 11.6 Å². The predicted molar refractivity (Wildman–Crippen MR) is 60.6 cm³/mol. The average Bonchev–Trinajstić information content (AvgIpc) is 2.36. The van der Waals surface area contributed by atoms with Crippen molar-refractivity contribution in [1.82, 2.24) is 9.97 Å². The fraction of sp³-hybridized carbons (Fsp3) is 0.0833. The molecule has 3 aromatic rings. The highest BCUT2D eigenvalue weighted by atomic mass is 19.4. The lowest BCUT2D eigenvalue weighted by Gasteiger charge is -2.07. The van der Waals surface area contributed by atoms with E-state index in [1.165, 1.54) is 18.2 Å². The first-order valence-corrected chi connectivity index (χ1v) is 5.22. The number of halogens is 3. The minimum absolute atomic E-state index is 0.0418. The second-order valence-corrected chi connectivity index (χ2v) is 3.85. The number of hydrogen-bond acceptors (Lipinski definition) is 4. The highest BCUT2D eigenvalue weighted by molar-refractivity contribution is 6.00. The SMILES string of the molecule is O=c1ccc2c(ccc3ncc(C(F)(F)F)oc32)n1. The number of rotatable bonds is 0. The molecule has 19 heavy (non-hydrogen) atoms. The third kappa shape index (κ3) is 1.92. The van der Waals surface area contributed by atoms with E-state index in [2.05, 4.69) is 9.97 Å². The van der Waals surface area contributed by atoms with Gasteiger partial charge in [-0.25, -0.2) is 9.97 Å². The second kappa shape index (κ2) is 3.78. The first-order valence-electron chi connectivity index (χ1n) is 5.22. The summed E-state index contributed by atoms with van der Waals surface area (Å²) < 4.78 is 42.6. The fourth-order valence-electron chi connectivity index (χ4n) is 1.75. The minimum Gasteiger partial charge on any atom is -0.448 e. The predicted octanol–water partition coefficient (Wildman–Crippen LogP) is 2.76. The molecule has 3 rings (SSSR count). The lowest BCUT2D eigenvalue weighted by atomic mass is 10.2. The molecule has 96 valence electrons. The van der Waals surface area contributed by atoms with Crippen molar-refractivity contribution in [2.24, 2.45) is 0 Å². The van der Waals surface area contributed by atoms with E-state index >= 15 is 0 Å². The van der Waals surface area contributed by atoms with Gasteiger partial charge in [0.05, 0.1) is 11.7 Å². The standard InChI is InChI=1S/C12H5F3N2O2/c13-12(14,15)9-5-16-8-3-2-7-6(11(8)19-9)1-4-10(18)17-7/h1-5H. The van der Waals surface area contributed by atoms with Gasteiger partial charge in [0.1, 0.15) is 5.52 Å². The van der Waals surface area contributed by atoms with E-state index in [1.54, 1.807) is 0 Å². The maximum atomic E-state index is 12.6. The normalized spacial score (nSPS) is 12.2. The van der Waals surface area contributed by atoms with Crippen molar-refractivity contribution in [1.29, 1.82) is 0 Å². The van der Waals surface area contributed by atoms with Gasteiger partial charge in [0.15, 0.2) is 5.58 Å². The number of nitrogens with zero attached hydrogens (tertiary/aromatic N) is 2. The molecular weight excluding hydrogens is 261 g/mol. The first-order chi connectivity index (χ1) is 8.95. The van der Waals surface area contributed by atoms with Crippen LogP contribution in [0.1, 0.15) is 5.76 Å². The summed E-state index contributed by atoms with van der Waals surface area (Å²) in [6.45, 7) is 0. The number of hydrogen-bond donors (Lipinski definition) is 0. The molecule has 7 heteroatoms. The minimum atomic E-state index is -4.62. The van der Waals surface area contributed by atoms with Gasteiger partial charge in [-0.05, 0) is 18.2 Å². The molecule has 0 aliphatic carbocycles. The van der Waals surface area contributed by atoms with Crippen molar-refractivity contribution in [3.63, 3.8) is 0 Å². The van der Waals surface area contributed by atoms with E-state index in [-0.39, 0.29) is 16.6 Å². The van der Waals surface area contributed by atoms with Crippen LogP contribution in [0.2, 0.25) is 0 Å². The molecule has 0 aliphatic heterocycles. The molecule has 0 spiro atoms. The first kappa shape index (κ1) is 11.6. The maximum Gasteiger partial charge on any atom is 0.451 e. The third-order valence-corrected chi connectivity index (χ3v) is 2.59. The van der Waals surface area contributed by atoms with Crippen molar-refractivity contribution in [3.05, 3.63) is 46.6 Å². The molecule has 0 amide bonds. The summed E-state index contributed by atoms with van der Waals surface area (Å²) in [5, 5.41) is 0.315. The Morgan fingerprint density at radius 1 is 1.05 bits per heavy atom. The molecule has 0 N–H and O–H groups in total. The highest BCUT2D eigenvalue weighted by Gasteiger charge is 2.34. The zero-order valence-corrected chi connectivity index (χ0v) is 9.23. The summed E-state index contributed by atoms with van der Waals surface area (Å²) in [6.07, 6.45) is -3.99. The molecule has 1 aromatic carbocycles. The number of benzene rings is 1. The van der Waals surface area contributed by atoms with Gasteiger partial charge in [0.2, 0.25) is 5.76 Å². The Balaban J connectivity index is 2.42. The summed E-state index contributed by atoms with van der Waals surface area (Å²) in [7, 11) is 0. The van der Waals surface area contributed by atoms with Crippen LogP contribution in [-0.2, 0) is 6.18 Å². The van der Waals surface area contributed by atoms with Crippen molar-refractivity contribution in [3.8, 4) is 0 Å². The number of pyridine rings is 1. The van der Waals surface area contributed by atoms with Crippen LogP contribution in [0, 0.1) is 0 Å². The fourth-order valence-corrected chi connectivity index (χ4v) is 1.75. The van der Waals surface area contributed by atoms with Crippen LogP contribution in [0.5, 0.6) is 0 Å². The number of fused-ring (bicyclic) bond motifs is 3. The quantitative estimate of drug-likeness (QED) is 0.587. The monoisotopic (exact) mass is 266 g/mol. The maximum absolute atomic E-state index is 12.6.